The summed E-state index contributed by atoms with van der Waals surface area (Å²) in [6.07, 6.45) is 1.12. The van der Waals surface area contributed by atoms with Gasteiger partial charge in [-0.1, -0.05) is 38.1 Å². The maximum Gasteiger partial charge on any atom is 0.328 e. The van der Waals surface area contributed by atoms with Gasteiger partial charge in [0.15, 0.2) is 0 Å². The van der Waals surface area contributed by atoms with Crippen molar-refractivity contribution >= 4 is 28.7 Å². The van der Waals surface area contributed by atoms with Gasteiger partial charge in [0.25, 0.3) is 5.91 Å². The third-order valence-corrected chi connectivity index (χ3v) is 3.81. The minimum absolute atomic E-state index is 0.108. The first-order valence-electron chi connectivity index (χ1n) is 8.87. The number of carbonyl (C=O) groups is 3. The molecule has 0 aliphatic heterocycles. The van der Waals surface area contributed by atoms with Crippen LogP contribution < -0.4 is 5.32 Å². The molecule has 1 heterocycles. The average molecular weight is 387 g/mol. The van der Waals surface area contributed by atoms with Crippen molar-refractivity contribution in [1.82, 2.24) is 15.2 Å². The summed E-state index contributed by atoms with van der Waals surface area (Å²) in [6, 6.07) is 11.5. The first kappa shape index (κ1) is 22.8. The molecule has 0 atom stereocenters. The first-order valence-corrected chi connectivity index (χ1v) is 8.87. The van der Waals surface area contributed by atoms with E-state index in [9.17, 15) is 14.4 Å². The van der Waals surface area contributed by atoms with Crippen LogP contribution in [0, 0.1) is 0 Å². The molecule has 150 valence electrons. The van der Waals surface area contributed by atoms with Crippen LogP contribution in [0.15, 0.2) is 48.6 Å². The Bertz CT molecular complexity index is 815. The van der Waals surface area contributed by atoms with E-state index in [0.717, 1.165) is 30.5 Å². The fourth-order valence-electron chi connectivity index (χ4n) is 2.29. The van der Waals surface area contributed by atoms with Crippen LogP contribution in [-0.2, 0) is 9.59 Å². The number of carboxylic acids is 2. The Morgan fingerprint density at radius 1 is 1.00 bits per heavy atom. The number of aromatic nitrogens is 1. The largest absolute Gasteiger partial charge is 0.478 e. The Balaban J connectivity index is 0.000000416. The van der Waals surface area contributed by atoms with Crippen molar-refractivity contribution in [3.05, 3.63) is 54.2 Å². The predicted molar refractivity (Wildman–Crippen MR) is 106 cm³/mol. The summed E-state index contributed by atoms with van der Waals surface area (Å²) in [5.41, 5.74) is 1.33. The van der Waals surface area contributed by atoms with Gasteiger partial charge in [-0.25, -0.2) is 14.6 Å². The molecule has 2 rings (SSSR count). The van der Waals surface area contributed by atoms with E-state index < -0.39 is 11.9 Å². The highest BCUT2D eigenvalue weighted by molar-refractivity contribution is 5.94. The number of nitrogens with one attached hydrogen (secondary N) is 1. The molecular formula is C20H25N3O5. The number of para-hydroxylation sites is 1. The zero-order valence-electron chi connectivity index (χ0n) is 16.0. The molecule has 3 N–H and O–H groups in total. The van der Waals surface area contributed by atoms with Crippen molar-refractivity contribution in [2.45, 2.75) is 13.8 Å². The number of hydrogen-bond acceptors (Lipinski definition) is 5. The fourth-order valence-corrected chi connectivity index (χ4v) is 2.29. The summed E-state index contributed by atoms with van der Waals surface area (Å²) >= 11 is 0. The number of nitrogens with zero attached hydrogens (tertiary/aromatic N) is 2. The van der Waals surface area contributed by atoms with E-state index >= 15 is 0 Å². The quantitative estimate of drug-likeness (QED) is 0.593. The molecule has 0 aliphatic carbocycles. The van der Waals surface area contributed by atoms with Gasteiger partial charge >= 0.3 is 11.9 Å². The van der Waals surface area contributed by atoms with E-state index in [-0.39, 0.29) is 5.91 Å². The zero-order valence-corrected chi connectivity index (χ0v) is 16.0. The van der Waals surface area contributed by atoms with Gasteiger partial charge in [0, 0.05) is 30.6 Å². The smallest absolute Gasteiger partial charge is 0.328 e. The second-order valence-corrected chi connectivity index (χ2v) is 5.68. The normalized spacial score (nSPS) is 10.5. The Kier molecular flexibility index (Phi) is 9.91. The molecule has 0 saturated heterocycles. The van der Waals surface area contributed by atoms with Crippen LogP contribution in [0.4, 0.5) is 0 Å². The monoisotopic (exact) mass is 387 g/mol. The SMILES string of the molecule is CCN(CC)CCNC(=O)c1ccc2ccccc2n1.O=C(O)/C=C/C(=O)O. The van der Waals surface area contributed by atoms with Gasteiger partial charge < -0.3 is 20.4 Å². The standard InChI is InChI=1S/C16H21N3O.C4H4O4/c1-3-19(4-2)12-11-17-16(20)15-10-9-13-7-5-6-8-14(13)18-15;5-3(6)1-2-4(7)8/h5-10H,3-4,11-12H2,1-2H3,(H,17,20);1-2H,(H,5,6)(H,7,8)/b;2-1+. The van der Waals surface area contributed by atoms with E-state index in [0.29, 0.717) is 24.4 Å². The Morgan fingerprint density at radius 3 is 2.18 bits per heavy atom. The average Bonchev–Trinajstić information content (AvgIpc) is 2.69. The summed E-state index contributed by atoms with van der Waals surface area (Å²) in [4.78, 5) is 37.8. The van der Waals surface area contributed by atoms with Crippen LogP contribution in [0.1, 0.15) is 24.3 Å². The number of likely N-dealkylation sites (N-methyl/N-ethyl adjacent to an activating group) is 1. The van der Waals surface area contributed by atoms with Crippen LogP contribution in [0.5, 0.6) is 0 Å². The van der Waals surface area contributed by atoms with E-state index in [2.05, 4.69) is 29.0 Å². The van der Waals surface area contributed by atoms with Gasteiger partial charge in [-0.15, -0.1) is 0 Å². The topological polar surface area (TPSA) is 120 Å². The number of pyridine rings is 1. The summed E-state index contributed by atoms with van der Waals surface area (Å²) < 4.78 is 0. The Morgan fingerprint density at radius 2 is 1.61 bits per heavy atom. The molecule has 1 aromatic carbocycles. The third-order valence-electron chi connectivity index (χ3n) is 3.81. The number of amides is 1. The van der Waals surface area contributed by atoms with Crippen LogP contribution in [0.25, 0.3) is 10.9 Å². The second kappa shape index (κ2) is 12.2. The number of aliphatic carboxylic acids is 2. The molecule has 0 radical (unpaired) electrons. The van der Waals surface area contributed by atoms with Crippen LogP contribution in [0.3, 0.4) is 0 Å². The van der Waals surface area contributed by atoms with Gasteiger partial charge in [-0.05, 0) is 25.2 Å². The summed E-state index contributed by atoms with van der Waals surface area (Å²) in [7, 11) is 0. The Labute approximate surface area is 163 Å². The van der Waals surface area contributed by atoms with Crippen molar-refractivity contribution in [2.75, 3.05) is 26.2 Å². The molecule has 2 aromatic rings. The number of fused-ring (bicyclic) bond motifs is 1. The van der Waals surface area contributed by atoms with E-state index in [1.165, 1.54) is 0 Å². The van der Waals surface area contributed by atoms with Crippen molar-refractivity contribution in [2.24, 2.45) is 0 Å². The van der Waals surface area contributed by atoms with E-state index in [4.69, 9.17) is 10.2 Å². The molecule has 1 amide bonds. The first-order chi connectivity index (χ1) is 13.4. The summed E-state index contributed by atoms with van der Waals surface area (Å²) in [5, 5.41) is 19.6. The fraction of sp³-hybridized carbons (Fsp3) is 0.300. The number of rotatable bonds is 8. The summed E-state index contributed by atoms with van der Waals surface area (Å²) in [6.45, 7) is 7.76. The van der Waals surface area contributed by atoms with Crippen molar-refractivity contribution in [3.63, 3.8) is 0 Å². The Hall–Kier alpha value is -3.26. The zero-order chi connectivity index (χ0) is 20.9. The molecular weight excluding hydrogens is 362 g/mol. The molecule has 0 saturated carbocycles. The highest BCUT2D eigenvalue weighted by Gasteiger charge is 2.08. The third kappa shape index (κ3) is 8.41. The predicted octanol–water partition coefficient (Wildman–Crippen LogP) is 2.02. The lowest BCUT2D eigenvalue weighted by atomic mass is 10.2. The highest BCUT2D eigenvalue weighted by Crippen LogP contribution is 2.11. The maximum absolute atomic E-state index is 12.1. The summed E-state index contributed by atoms with van der Waals surface area (Å²) in [5.74, 6) is -2.62. The van der Waals surface area contributed by atoms with Gasteiger partial charge in [0.05, 0.1) is 5.52 Å². The molecule has 8 nitrogen and oxygen atoms in total. The van der Waals surface area contributed by atoms with Crippen molar-refractivity contribution < 1.29 is 24.6 Å². The lowest BCUT2D eigenvalue weighted by Gasteiger charge is -2.17. The van der Waals surface area contributed by atoms with Crippen molar-refractivity contribution in [3.8, 4) is 0 Å². The number of carboxylic acid groups (broad SMARTS) is 2. The van der Waals surface area contributed by atoms with Gasteiger partial charge in [-0.3, -0.25) is 4.79 Å². The maximum atomic E-state index is 12.1. The molecule has 0 spiro atoms. The lowest BCUT2D eigenvalue weighted by Crippen LogP contribution is -2.35. The lowest BCUT2D eigenvalue weighted by molar-refractivity contribution is -0.134. The number of benzene rings is 1. The molecule has 0 unspecified atom stereocenters. The van der Waals surface area contributed by atoms with Crippen molar-refractivity contribution in [1.29, 1.82) is 0 Å². The highest BCUT2D eigenvalue weighted by atomic mass is 16.4. The molecule has 8 heteroatoms. The van der Waals surface area contributed by atoms with Gasteiger partial charge in [0.1, 0.15) is 5.69 Å². The molecule has 0 bridgehead atoms. The van der Waals surface area contributed by atoms with Crippen LogP contribution in [0.2, 0.25) is 0 Å². The van der Waals surface area contributed by atoms with Gasteiger partial charge in [0.2, 0.25) is 0 Å². The van der Waals surface area contributed by atoms with Crippen LogP contribution >= 0.6 is 0 Å². The molecule has 1 aromatic heterocycles. The van der Waals surface area contributed by atoms with E-state index in [1.54, 1.807) is 6.07 Å². The number of carbonyl (C=O) groups excluding carboxylic acids is 1. The van der Waals surface area contributed by atoms with Crippen LogP contribution in [-0.4, -0.2) is 64.1 Å². The minimum atomic E-state index is -1.26. The minimum Gasteiger partial charge on any atom is -0.478 e. The molecule has 28 heavy (non-hydrogen) atoms. The van der Waals surface area contributed by atoms with E-state index in [1.807, 2.05) is 30.3 Å². The number of hydrogen-bond donors (Lipinski definition) is 3. The molecule has 0 aliphatic rings. The van der Waals surface area contributed by atoms with Gasteiger partial charge in [-0.2, -0.15) is 0 Å². The second-order valence-electron chi connectivity index (χ2n) is 5.68. The molecule has 0 fully saturated rings.